The number of aryl methyl sites for hydroxylation is 2. The van der Waals surface area contributed by atoms with E-state index in [0.717, 1.165) is 12.5 Å². The Morgan fingerprint density at radius 1 is 1.31 bits per heavy atom. The zero-order valence-corrected chi connectivity index (χ0v) is 8.46. The molecule has 0 aromatic carbocycles. The zero-order chi connectivity index (χ0) is 9.26. The first-order valence-corrected chi connectivity index (χ1v) is 5.07. The van der Waals surface area contributed by atoms with E-state index < -0.39 is 0 Å². The van der Waals surface area contributed by atoms with Gasteiger partial charge in [-0.15, -0.1) is 0 Å². The van der Waals surface area contributed by atoms with E-state index in [1.54, 1.807) is 0 Å². The van der Waals surface area contributed by atoms with Crippen molar-refractivity contribution >= 4 is 0 Å². The summed E-state index contributed by atoms with van der Waals surface area (Å²) in [5.74, 6) is 0.899. The molecule has 1 fully saturated rings. The van der Waals surface area contributed by atoms with E-state index in [4.69, 9.17) is 0 Å². The molecule has 0 saturated heterocycles. The van der Waals surface area contributed by atoms with Gasteiger partial charge < -0.3 is 4.57 Å². The van der Waals surface area contributed by atoms with Crippen molar-refractivity contribution in [1.29, 1.82) is 0 Å². The van der Waals surface area contributed by atoms with E-state index in [1.165, 1.54) is 24.2 Å². The Morgan fingerprint density at radius 2 is 1.92 bits per heavy atom. The lowest BCUT2D eigenvalue weighted by Crippen LogP contribution is -1.99. The summed E-state index contributed by atoms with van der Waals surface area (Å²) in [7, 11) is 0. The second kappa shape index (κ2) is 3.41. The smallest absolute Gasteiger partial charge is 0.0405 e. The van der Waals surface area contributed by atoms with Gasteiger partial charge in [-0.2, -0.15) is 0 Å². The van der Waals surface area contributed by atoms with Crippen LogP contribution in [0.25, 0.3) is 0 Å². The third kappa shape index (κ3) is 2.03. The summed E-state index contributed by atoms with van der Waals surface area (Å²) in [6.45, 7) is 5.37. The highest BCUT2D eigenvalue weighted by Crippen LogP contribution is 2.30. The molecule has 1 aliphatic rings. The van der Waals surface area contributed by atoms with E-state index in [9.17, 15) is 0 Å². The maximum Gasteiger partial charge on any atom is 0.0405 e. The Hall–Kier alpha value is -0.980. The largest absolute Gasteiger partial charge is 0.345 e. The minimum absolute atomic E-state index is 0.899. The third-order valence-electron chi connectivity index (χ3n) is 2.74. The van der Waals surface area contributed by atoms with Crippen LogP contribution in [-0.4, -0.2) is 4.57 Å². The summed E-state index contributed by atoms with van der Waals surface area (Å²) in [4.78, 5) is 0. The van der Waals surface area contributed by atoms with Gasteiger partial charge in [-0.1, -0.05) is 12.2 Å². The van der Waals surface area contributed by atoms with Gasteiger partial charge in [-0.3, -0.25) is 0 Å². The van der Waals surface area contributed by atoms with Crippen molar-refractivity contribution in [3.05, 3.63) is 35.7 Å². The molecule has 0 amide bonds. The van der Waals surface area contributed by atoms with Crippen molar-refractivity contribution in [3.8, 4) is 0 Å². The van der Waals surface area contributed by atoms with Gasteiger partial charge in [0.15, 0.2) is 0 Å². The zero-order valence-electron chi connectivity index (χ0n) is 8.46. The first-order valence-electron chi connectivity index (χ1n) is 5.07. The highest BCUT2D eigenvalue weighted by molar-refractivity contribution is 5.14. The number of hydrogen-bond donors (Lipinski definition) is 0. The lowest BCUT2D eigenvalue weighted by Gasteiger charge is -2.04. The minimum Gasteiger partial charge on any atom is -0.345 e. The van der Waals surface area contributed by atoms with Gasteiger partial charge in [0.2, 0.25) is 0 Å². The van der Waals surface area contributed by atoms with Crippen molar-refractivity contribution in [3.63, 3.8) is 0 Å². The molecule has 1 saturated carbocycles. The van der Waals surface area contributed by atoms with E-state index in [0.29, 0.717) is 0 Å². The fraction of sp³-hybridized carbons (Fsp3) is 0.500. The predicted octanol–water partition coefficient (Wildman–Crippen LogP) is 3.07. The van der Waals surface area contributed by atoms with Crippen LogP contribution in [0, 0.1) is 19.8 Å². The number of nitrogens with zero attached hydrogens (tertiary/aromatic N) is 1. The van der Waals surface area contributed by atoms with Crippen LogP contribution in [0.1, 0.15) is 24.2 Å². The Bertz CT molecular complexity index is 296. The van der Waals surface area contributed by atoms with Crippen molar-refractivity contribution in [1.82, 2.24) is 4.57 Å². The third-order valence-corrected chi connectivity index (χ3v) is 2.74. The first kappa shape index (κ1) is 8.61. The predicted molar refractivity (Wildman–Crippen MR) is 55.8 cm³/mol. The molecule has 0 N–H and O–H groups in total. The maximum absolute atomic E-state index is 2.36. The molecule has 0 spiro atoms. The molecule has 2 rings (SSSR count). The number of aromatic nitrogens is 1. The summed E-state index contributed by atoms with van der Waals surface area (Å²) in [6, 6.07) is 4.36. The summed E-state index contributed by atoms with van der Waals surface area (Å²) < 4.78 is 2.35. The van der Waals surface area contributed by atoms with Crippen LogP contribution in [0.15, 0.2) is 24.3 Å². The van der Waals surface area contributed by atoms with E-state index in [1.807, 2.05) is 0 Å². The summed E-state index contributed by atoms with van der Waals surface area (Å²) in [6.07, 6.45) is 7.47. The standard InChI is InChI=1S/C12H17N/c1-10-5-6-11(2)13(10)9-3-4-12-7-8-12/h3-6,12H,7-9H2,1-2H3/b4-3+. The van der Waals surface area contributed by atoms with Crippen LogP contribution in [0.2, 0.25) is 0 Å². The molecular weight excluding hydrogens is 158 g/mol. The van der Waals surface area contributed by atoms with Crippen LogP contribution in [0.3, 0.4) is 0 Å². The molecule has 1 aromatic heterocycles. The Balaban J connectivity index is 1.99. The summed E-state index contributed by atoms with van der Waals surface area (Å²) >= 11 is 0. The lowest BCUT2D eigenvalue weighted by atomic mass is 10.3. The van der Waals surface area contributed by atoms with E-state index in [2.05, 4.69) is 42.7 Å². The summed E-state index contributed by atoms with van der Waals surface area (Å²) in [5, 5.41) is 0. The number of hydrogen-bond acceptors (Lipinski definition) is 0. The van der Waals surface area contributed by atoms with E-state index in [-0.39, 0.29) is 0 Å². The molecule has 0 unspecified atom stereocenters. The Labute approximate surface area is 80.1 Å². The average Bonchev–Trinajstić information content (AvgIpc) is 2.86. The molecule has 1 aromatic rings. The van der Waals surface area contributed by atoms with Gasteiger partial charge in [-0.25, -0.2) is 0 Å². The maximum atomic E-state index is 2.36. The Morgan fingerprint density at radius 3 is 2.46 bits per heavy atom. The van der Waals surface area contributed by atoms with Crippen LogP contribution in [-0.2, 0) is 6.54 Å². The van der Waals surface area contributed by atoms with Gasteiger partial charge in [0.1, 0.15) is 0 Å². The molecule has 0 aliphatic heterocycles. The summed E-state index contributed by atoms with van der Waals surface area (Å²) in [5.41, 5.74) is 2.72. The number of rotatable bonds is 3. The second-order valence-electron chi connectivity index (χ2n) is 3.99. The van der Waals surface area contributed by atoms with Gasteiger partial charge in [0, 0.05) is 17.9 Å². The molecule has 70 valence electrons. The van der Waals surface area contributed by atoms with E-state index >= 15 is 0 Å². The SMILES string of the molecule is Cc1ccc(C)n1C/C=C/C1CC1. The molecule has 1 aliphatic carbocycles. The topological polar surface area (TPSA) is 4.93 Å². The second-order valence-corrected chi connectivity index (χ2v) is 3.99. The molecule has 0 bridgehead atoms. The molecule has 1 heteroatoms. The molecular formula is C12H17N. The van der Waals surface area contributed by atoms with Crippen molar-refractivity contribution in [2.24, 2.45) is 5.92 Å². The highest BCUT2D eigenvalue weighted by Gasteiger charge is 2.16. The molecule has 1 nitrogen and oxygen atoms in total. The highest BCUT2D eigenvalue weighted by atomic mass is 15.0. The van der Waals surface area contributed by atoms with Gasteiger partial charge >= 0.3 is 0 Å². The van der Waals surface area contributed by atoms with Crippen LogP contribution < -0.4 is 0 Å². The molecule has 13 heavy (non-hydrogen) atoms. The van der Waals surface area contributed by atoms with Crippen LogP contribution >= 0.6 is 0 Å². The quantitative estimate of drug-likeness (QED) is 0.622. The average molecular weight is 175 g/mol. The first-order chi connectivity index (χ1) is 6.27. The molecule has 0 atom stereocenters. The molecule has 0 radical (unpaired) electrons. The fourth-order valence-corrected chi connectivity index (χ4v) is 1.63. The fourth-order valence-electron chi connectivity index (χ4n) is 1.63. The normalized spacial score (nSPS) is 17.1. The monoisotopic (exact) mass is 175 g/mol. The minimum atomic E-state index is 0.899. The number of allylic oxidation sites excluding steroid dienone is 2. The van der Waals surface area contributed by atoms with Crippen molar-refractivity contribution in [2.45, 2.75) is 33.2 Å². The van der Waals surface area contributed by atoms with Crippen LogP contribution in [0.4, 0.5) is 0 Å². The lowest BCUT2D eigenvalue weighted by molar-refractivity contribution is 0.764. The van der Waals surface area contributed by atoms with Crippen molar-refractivity contribution < 1.29 is 0 Å². The van der Waals surface area contributed by atoms with Gasteiger partial charge in [0.25, 0.3) is 0 Å². The van der Waals surface area contributed by atoms with Crippen molar-refractivity contribution in [2.75, 3.05) is 0 Å². The Kier molecular flexibility index (Phi) is 2.26. The van der Waals surface area contributed by atoms with Gasteiger partial charge in [0.05, 0.1) is 0 Å². The molecule has 1 heterocycles. The van der Waals surface area contributed by atoms with Crippen LogP contribution in [0.5, 0.6) is 0 Å². The van der Waals surface area contributed by atoms with Gasteiger partial charge in [-0.05, 0) is 44.7 Å².